The van der Waals surface area contributed by atoms with Crippen LogP contribution in [0, 0.1) is 24.4 Å². The Labute approximate surface area is 235 Å². The summed E-state index contributed by atoms with van der Waals surface area (Å²) in [5, 5.41) is 4.06. The fraction of sp³-hybridized carbons (Fsp3) is 0.258. The van der Waals surface area contributed by atoms with Gasteiger partial charge in [-0.2, -0.15) is 0 Å². The van der Waals surface area contributed by atoms with Gasteiger partial charge in [0.2, 0.25) is 0 Å². The predicted octanol–water partition coefficient (Wildman–Crippen LogP) is 6.29. The molecule has 0 fully saturated rings. The number of nitrogens with one attached hydrogen (secondary N) is 1. The van der Waals surface area contributed by atoms with E-state index in [1.165, 1.54) is 49.2 Å². The maximum atomic E-state index is 15.5. The summed E-state index contributed by atoms with van der Waals surface area (Å²) >= 11 is 1.47. The highest BCUT2D eigenvalue weighted by atomic mass is 32.2. The lowest BCUT2D eigenvalue weighted by atomic mass is 9.94. The molecule has 1 unspecified atom stereocenters. The zero-order valence-electron chi connectivity index (χ0n) is 22.4. The van der Waals surface area contributed by atoms with Crippen molar-refractivity contribution in [2.24, 2.45) is 0 Å². The zero-order chi connectivity index (χ0) is 28.4. The van der Waals surface area contributed by atoms with E-state index in [-0.39, 0.29) is 40.5 Å². The third-order valence-electron chi connectivity index (χ3n) is 7.25. The number of benzene rings is 3. The largest absolute Gasteiger partial charge is 0.497 e. The maximum Gasteiger partial charge on any atom is 0.260 e. The molecule has 1 aromatic heterocycles. The van der Waals surface area contributed by atoms with E-state index in [0.717, 1.165) is 11.3 Å². The summed E-state index contributed by atoms with van der Waals surface area (Å²) in [6.45, 7) is 2.76. The van der Waals surface area contributed by atoms with Gasteiger partial charge in [0, 0.05) is 36.4 Å². The molecule has 208 valence electrons. The van der Waals surface area contributed by atoms with Crippen molar-refractivity contribution >= 4 is 11.8 Å². The second kappa shape index (κ2) is 11.8. The first-order valence-corrected chi connectivity index (χ1v) is 13.8. The average molecular weight is 567 g/mol. The number of aromatic nitrogens is 1. The van der Waals surface area contributed by atoms with Crippen molar-refractivity contribution in [2.75, 3.05) is 26.5 Å². The number of halogens is 3. The topological polar surface area (TPSA) is 52.5 Å². The fourth-order valence-corrected chi connectivity index (χ4v) is 6.50. The predicted molar refractivity (Wildman–Crippen MR) is 151 cm³/mol. The average Bonchev–Trinajstić information content (AvgIpc) is 3.37. The lowest BCUT2D eigenvalue weighted by Crippen LogP contribution is -2.33. The molecule has 1 aliphatic rings. The van der Waals surface area contributed by atoms with Crippen LogP contribution in [0.5, 0.6) is 11.5 Å². The third-order valence-corrected chi connectivity index (χ3v) is 8.52. The summed E-state index contributed by atoms with van der Waals surface area (Å²) < 4.78 is 57.0. The number of hydrogen-bond donors (Lipinski definition) is 1. The molecule has 0 bridgehead atoms. The molecule has 5 nitrogen and oxygen atoms in total. The molecule has 5 rings (SSSR count). The summed E-state index contributed by atoms with van der Waals surface area (Å²) in [7, 11) is 2.97. The second-order valence-corrected chi connectivity index (χ2v) is 10.6. The van der Waals surface area contributed by atoms with Gasteiger partial charge in [0.15, 0.2) is 11.6 Å². The highest BCUT2D eigenvalue weighted by molar-refractivity contribution is 7.99. The van der Waals surface area contributed by atoms with Crippen LogP contribution in [0.2, 0.25) is 0 Å². The van der Waals surface area contributed by atoms with Crippen molar-refractivity contribution in [2.45, 2.75) is 31.0 Å². The van der Waals surface area contributed by atoms with Gasteiger partial charge in [-0.3, -0.25) is 9.36 Å². The van der Waals surface area contributed by atoms with E-state index in [1.54, 1.807) is 24.7 Å². The molecule has 0 spiro atoms. The Morgan fingerprint density at radius 2 is 1.65 bits per heavy atom. The van der Waals surface area contributed by atoms with Gasteiger partial charge in [-0.1, -0.05) is 30.3 Å². The van der Waals surface area contributed by atoms with Crippen molar-refractivity contribution in [1.82, 2.24) is 9.88 Å². The van der Waals surface area contributed by atoms with Crippen LogP contribution >= 0.6 is 11.8 Å². The third kappa shape index (κ3) is 5.23. The van der Waals surface area contributed by atoms with E-state index in [2.05, 4.69) is 5.32 Å². The Hall–Kier alpha value is -3.69. The number of rotatable bonds is 9. The van der Waals surface area contributed by atoms with E-state index in [9.17, 15) is 13.6 Å². The molecule has 2 heterocycles. The molecule has 0 amide bonds. The molecule has 9 heteroatoms. The molecule has 0 aliphatic carbocycles. The summed E-state index contributed by atoms with van der Waals surface area (Å²) in [5.41, 5.74) is 1.96. The summed E-state index contributed by atoms with van der Waals surface area (Å²) in [4.78, 5) is 14.0. The van der Waals surface area contributed by atoms with Gasteiger partial charge >= 0.3 is 0 Å². The lowest BCUT2D eigenvalue weighted by molar-refractivity contribution is 0.387. The van der Waals surface area contributed by atoms with Crippen molar-refractivity contribution in [3.05, 3.63) is 111 Å². The van der Waals surface area contributed by atoms with E-state index < -0.39 is 17.5 Å². The number of thioether (sulfide) groups is 1. The van der Waals surface area contributed by atoms with Crippen LogP contribution < -0.4 is 20.3 Å². The van der Waals surface area contributed by atoms with Crippen LogP contribution in [0.1, 0.15) is 28.3 Å². The number of pyridine rings is 1. The van der Waals surface area contributed by atoms with Crippen LogP contribution in [0.4, 0.5) is 13.2 Å². The summed E-state index contributed by atoms with van der Waals surface area (Å²) in [6.07, 6.45) is -0.0719. The van der Waals surface area contributed by atoms with E-state index >= 15 is 4.39 Å². The Morgan fingerprint density at radius 3 is 2.33 bits per heavy atom. The first-order valence-electron chi connectivity index (χ1n) is 12.8. The minimum absolute atomic E-state index is 0.00980. The monoisotopic (exact) mass is 566 g/mol. The van der Waals surface area contributed by atoms with Gasteiger partial charge in [-0.15, -0.1) is 11.8 Å². The van der Waals surface area contributed by atoms with Crippen molar-refractivity contribution in [1.29, 1.82) is 0 Å². The zero-order valence-corrected chi connectivity index (χ0v) is 23.2. The highest BCUT2D eigenvalue weighted by Crippen LogP contribution is 2.40. The number of hydrogen-bond acceptors (Lipinski definition) is 5. The lowest BCUT2D eigenvalue weighted by Gasteiger charge is -2.21. The quantitative estimate of drug-likeness (QED) is 0.258. The van der Waals surface area contributed by atoms with Crippen LogP contribution in [0.25, 0.3) is 11.1 Å². The maximum absolute atomic E-state index is 15.5. The molecule has 4 aromatic rings. The highest BCUT2D eigenvalue weighted by Gasteiger charge is 2.32. The normalized spacial score (nSPS) is 14.3. The summed E-state index contributed by atoms with van der Waals surface area (Å²) in [5.74, 6) is -0.633. The van der Waals surface area contributed by atoms with Crippen LogP contribution in [0.15, 0.2) is 70.5 Å². The van der Waals surface area contributed by atoms with Crippen LogP contribution in [0.3, 0.4) is 0 Å². The Bertz CT molecular complexity index is 1590. The molecule has 0 saturated heterocycles. The fourth-order valence-electron chi connectivity index (χ4n) is 5.11. The van der Waals surface area contributed by atoms with Gasteiger partial charge in [0.05, 0.1) is 30.9 Å². The van der Waals surface area contributed by atoms with Gasteiger partial charge in [0.1, 0.15) is 17.4 Å². The Morgan fingerprint density at radius 1 is 0.950 bits per heavy atom. The van der Waals surface area contributed by atoms with E-state index in [0.29, 0.717) is 35.0 Å². The van der Waals surface area contributed by atoms with Gasteiger partial charge < -0.3 is 14.8 Å². The summed E-state index contributed by atoms with van der Waals surface area (Å²) in [6, 6.07) is 15.8. The molecular formula is C31H29F3N2O3S. The van der Waals surface area contributed by atoms with Crippen LogP contribution in [-0.2, 0) is 13.0 Å². The van der Waals surface area contributed by atoms with Crippen molar-refractivity contribution in [3.8, 4) is 22.6 Å². The molecule has 0 radical (unpaired) electrons. The minimum Gasteiger partial charge on any atom is -0.497 e. The SMILES string of the molecule is COc1ccc(CNCC2CSc3c(Cc4c(F)cccc4F)c(C)c(-c4cccc(OC)c4F)c(=O)n32)cc1. The van der Waals surface area contributed by atoms with Crippen molar-refractivity contribution < 1.29 is 22.6 Å². The first-order chi connectivity index (χ1) is 19.3. The number of methoxy groups -OCH3 is 2. The molecule has 1 atom stereocenters. The Kier molecular flexibility index (Phi) is 8.23. The second-order valence-electron chi connectivity index (χ2n) is 9.60. The molecule has 3 aromatic carbocycles. The molecule has 1 N–H and O–H groups in total. The number of ether oxygens (including phenoxy) is 2. The van der Waals surface area contributed by atoms with Gasteiger partial charge in [-0.05, 0) is 53.9 Å². The minimum atomic E-state index is -0.667. The number of nitrogens with zero attached hydrogens (tertiary/aromatic N) is 1. The van der Waals surface area contributed by atoms with Gasteiger partial charge in [0.25, 0.3) is 5.56 Å². The standard InChI is InChI=1S/C31H29F3N2O3S/c1-18-23(14-24-25(32)7-5-8-26(24)33)31-36(30(37)28(18)22-6-4-9-27(39-3)29(22)34)20(17-40-31)16-35-15-19-10-12-21(38-2)13-11-19/h4-13,20,35H,14-17H2,1-3H3. The van der Waals surface area contributed by atoms with Gasteiger partial charge in [-0.25, -0.2) is 13.2 Å². The van der Waals surface area contributed by atoms with E-state index in [1.807, 2.05) is 24.3 Å². The molecule has 0 saturated carbocycles. The van der Waals surface area contributed by atoms with Crippen molar-refractivity contribution in [3.63, 3.8) is 0 Å². The molecular weight excluding hydrogens is 537 g/mol. The molecule has 40 heavy (non-hydrogen) atoms. The smallest absolute Gasteiger partial charge is 0.260 e. The van der Waals surface area contributed by atoms with Crippen LogP contribution in [-0.4, -0.2) is 31.1 Å². The molecule has 1 aliphatic heterocycles. The Balaban J connectivity index is 1.57. The van der Waals surface area contributed by atoms with E-state index in [4.69, 9.17) is 9.47 Å². The number of fused-ring (bicyclic) bond motifs is 1. The first kappa shape index (κ1) is 27.9.